The van der Waals surface area contributed by atoms with E-state index >= 15 is 0 Å². The van der Waals surface area contributed by atoms with E-state index in [1.807, 2.05) is 49.7 Å². The average Bonchev–Trinajstić information content (AvgIpc) is 3.31. The molecule has 0 atom stereocenters. The van der Waals surface area contributed by atoms with Gasteiger partial charge in [0.05, 0.1) is 5.56 Å². The highest BCUT2D eigenvalue weighted by Gasteiger charge is 2.15. The Morgan fingerprint density at radius 2 is 2.19 bits per heavy atom. The van der Waals surface area contributed by atoms with Crippen molar-refractivity contribution in [2.24, 2.45) is 0 Å². The second kappa shape index (κ2) is 8.54. The predicted molar refractivity (Wildman–Crippen MR) is 103 cm³/mol. The highest BCUT2D eigenvalue weighted by molar-refractivity contribution is 7.08. The molecule has 0 saturated heterocycles. The van der Waals surface area contributed by atoms with Crippen LogP contribution in [0.4, 0.5) is 0 Å². The van der Waals surface area contributed by atoms with Gasteiger partial charge in [0.2, 0.25) is 5.82 Å². The summed E-state index contributed by atoms with van der Waals surface area (Å²) < 4.78 is 16.0. The molecule has 2 aromatic heterocycles. The number of hydrogen-bond donors (Lipinski definition) is 0. The monoisotopic (exact) mass is 406 g/mol. The van der Waals surface area contributed by atoms with Gasteiger partial charge in [-0.15, -0.1) is 0 Å². The smallest absolute Gasteiger partial charge is 0.344 e. The van der Waals surface area contributed by atoms with Crippen LogP contribution in [0.1, 0.15) is 36.7 Å². The molecule has 142 valence electrons. The average molecular weight is 407 g/mol. The van der Waals surface area contributed by atoms with Crippen LogP contribution in [0, 0.1) is 6.92 Å². The number of aryl methyl sites for hydroxylation is 1. The van der Waals surface area contributed by atoms with E-state index in [0.29, 0.717) is 22.5 Å². The van der Waals surface area contributed by atoms with Gasteiger partial charge in [-0.2, -0.15) is 16.3 Å². The fraction of sp³-hybridized carbons (Fsp3) is 0.316. The van der Waals surface area contributed by atoms with Crippen LogP contribution in [-0.4, -0.2) is 22.7 Å². The Labute approximate surface area is 166 Å². The van der Waals surface area contributed by atoms with Crippen LogP contribution in [0.3, 0.4) is 0 Å². The van der Waals surface area contributed by atoms with E-state index in [-0.39, 0.29) is 19.1 Å². The Hall–Kier alpha value is -2.38. The highest BCUT2D eigenvalue weighted by atomic mass is 35.5. The van der Waals surface area contributed by atoms with Gasteiger partial charge in [-0.3, -0.25) is 0 Å². The van der Waals surface area contributed by atoms with E-state index in [1.165, 1.54) is 11.3 Å². The van der Waals surface area contributed by atoms with Gasteiger partial charge in [-0.1, -0.05) is 30.6 Å². The number of halogens is 1. The molecule has 0 spiro atoms. The molecule has 27 heavy (non-hydrogen) atoms. The largest absolute Gasteiger partial charge is 0.482 e. The number of aromatic nitrogens is 2. The minimum Gasteiger partial charge on any atom is -0.482 e. The lowest BCUT2D eigenvalue weighted by atomic mass is 10.0. The van der Waals surface area contributed by atoms with Gasteiger partial charge in [-0.05, 0) is 47.5 Å². The van der Waals surface area contributed by atoms with Crippen molar-refractivity contribution in [1.82, 2.24) is 10.1 Å². The van der Waals surface area contributed by atoms with Crippen molar-refractivity contribution in [2.45, 2.75) is 33.3 Å². The first-order chi connectivity index (χ1) is 12.9. The minimum atomic E-state index is -0.515. The Morgan fingerprint density at radius 1 is 1.37 bits per heavy atom. The van der Waals surface area contributed by atoms with Crippen molar-refractivity contribution in [1.29, 1.82) is 0 Å². The fourth-order valence-corrected chi connectivity index (χ4v) is 3.19. The second-order valence-electron chi connectivity index (χ2n) is 6.27. The van der Waals surface area contributed by atoms with Crippen molar-refractivity contribution >= 4 is 28.9 Å². The van der Waals surface area contributed by atoms with Gasteiger partial charge in [0.25, 0.3) is 5.89 Å². The number of carbonyl (C=O) groups excluding carboxylic acids is 1. The summed E-state index contributed by atoms with van der Waals surface area (Å²) in [5.41, 5.74) is 2.67. The molecule has 8 heteroatoms. The fourth-order valence-electron chi connectivity index (χ4n) is 2.39. The summed E-state index contributed by atoms with van der Waals surface area (Å²) in [5, 5.41) is 8.30. The summed E-state index contributed by atoms with van der Waals surface area (Å²) in [5.74, 6) is 1.03. The van der Waals surface area contributed by atoms with E-state index in [9.17, 15) is 4.79 Å². The van der Waals surface area contributed by atoms with Crippen LogP contribution in [0.5, 0.6) is 5.75 Å². The lowest BCUT2D eigenvalue weighted by Gasteiger charge is -2.15. The van der Waals surface area contributed by atoms with E-state index in [1.54, 1.807) is 0 Å². The molecule has 0 fully saturated rings. The zero-order valence-electron chi connectivity index (χ0n) is 15.2. The number of ether oxygens (including phenoxy) is 2. The molecule has 0 N–H and O–H groups in total. The molecule has 0 aliphatic carbocycles. The number of carbonyl (C=O) groups is 1. The molecule has 1 aromatic carbocycles. The minimum absolute atomic E-state index is 0.0769. The Kier molecular flexibility index (Phi) is 6.13. The summed E-state index contributed by atoms with van der Waals surface area (Å²) >= 11 is 7.71. The van der Waals surface area contributed by atoms with Gasteiger partial charge in [0.15, 0.2) is 13.2 Å². The topological polar surface area (TPSA) is 74.5 Å². The number of benzene rings is 1. The molecule has 0 amide bonds. The van der Waals surface area contributed by atoms with Crippen molar-refractivity contribution in [3.8, 4) is 17.2 Å². The normalized spacial score (nSPS) is 11.0. The Morgan fingerprint density at radius 3 is 2.89 bits per heavy atom. The van der Waals surface area contributed by atoms with Crippen LogP contribution in [0.2, 0.25) is 5.02 Å². The van der Waals surface area contributed by atoms with Crippen molar-refractivity contribution in [2.75, 3.05) is 6.61 Å². The molecule has 0 unspecified atom stereocenters. The summed E-state index contributed by atoms with van der Waals surface area (Å²) in [6, 6.07) is 5.58. The molecular weight excluding hydrogens is 388 g/mol. The first-order valence-corrected chi connectivity index (χ1v) is 9.69. The number of esters is 1. The number of nitrogens with zero attached hydrogens (tertiary/aromatic N) is 2. The van der Waals surface area contributed by atoms with Crippen LogP contribution in [0.15, 0.2) is 33.5 Å². The van der Waals surface area contributed by atoms with E-state index in [2.05, 4.69) is 10.1 Å². The SMILES string of the molecule is Cc1cc(OCC(=O)OCc2noc(-c3ccsc3)n2)c(C(C)C)cc1Cl. The first kappa shape index (κ1) is 19.4. The van der Waals surface area contributed by atoms with Gasteiger partial charge < -0.3 is 14.0 Å². The van der Waals surface area contributed by atoms with E-state index < -0.39 is 5.97 Å². The Balaban J connectivity index is 1.55. The Bertz CT molecular complexity index is 922. The summed E-state index contributed by atoms with van der Waals surface area (Å²) in [6.07, 6.45) is 0. The van der Waals surface area contributed by atoms with E-state index in [0.717, 1.165) is 16.7 Å². The maximum absolute atomic E-state index is 12.0. The summed E-state index contributed by atoms with van der Waals surface area (Å²) in [4.78, 5) is 16.2. The first-order valence-electron chi connectivity index (χ1n) is 8.37. The van der Waals surface area contributed by atoms with Crippen molar-refractivity contribution < 1.29 is 18.8 Å². The zero-order chi connectivity index (χ0) is 19.4. The van der Waals surface area contributed by atoms with Gasteiger partial charge >= 0.3 is 5.97 Å². The second-order valence-corrected chi connectivity index (χ2v) is 7.46. The maximum Gasteiger partial charge on any atom is 0.344 e. The van der Waals surface area contributed by atoms with E-state index in [4.69, 9.17) is 25.6 Å². The standard InChI is InChI=1S/C19H19ClN2O4S/c1-11(2)14-7-15(20)12(3)6-16(14)24-9-18(23)25-8-17-21-19(26-22-17)13-4-5-27-10-13/h4-7,10-11H,8-9H2,1-3H3. The van der Waals surface area contributed by atoms with Crippen LogP contribution in [-0.2, 0) is 16.1 Å². The highest BCUT2D eigenvalue weighted by Crippen LogP contribution is 2.32. The molecule has 2 heterocycles. The molecule has 0 saturated carbocycles. The zero-order valence-corrected chi connectivity index (χ0v) is 16.8. The molecule has 0 bridgehead atoms. The molecule has 6 nitrogen and oxygen atoms in total. The molecule has 0 aliphatic heterocycles. The van der Waals surface area contributed by atoms with Gasteiger partial charge in [0, 0.05) is 10.4 Å². The molecule has 3 aromatic rings. The van der Waals surface area contributed by atoms with Crippen molar-refractivity contribution in [3.05, 3.63) is 50.9 Å². The third-order valence-corrected chi connectivity index (χ3v) is 4.95. The van der Waals surface area contributed by atoms with Crippen molar-refractivity contribution in [3.63, 3.8) is 0 Å². The maximum atomic E-state index is 12.0. The number of hydrogen-bond acceptors (Lipinski definition) is 7. The third-order valence-electron chi connectivity index (χ3n) is 3.86. The van der Waals surface area contributed by atoms with Gasteiger partial charge in [0.1, 0.15) is 5.75 Å². The van der Waals surface area contributed by atoms with Crippen LogP contribution < -0.4 is 4.74 Å². The lowest BCUT2D eigenvalue weighted by molar-refractivity contribution is -0.147. The number of thiophene rings is 1. The van der Waals surface area contributed by atoms with Crippen LogP contribution in [0.25, 0.3) is 11.5 Å². The molecule has 0 radical (unpaired) electrons. The summed E-state index contributed by atoms with van der Waals surface area (Å²) in [6.45, 7) is 5.67. The predicted octanol–water partition coefficient (Wildman–Crippen LogP) is 5.01. The van der Waals surface area contributed by atoms with Crippen LogP contribution >= 0.6 is 22.9 Å². The summed E-state index contributed by atoms with van der Waals surface area (Å²) in [7, 11) is 0. The quantitative estimate of drug-likeness (QED) is 0.513. The molecule has 0 aliphatic rings. The van der Waals surface area contributed by atoms with Gasteiger partial charge in [-0.25, -0.2) is 4.79 Å². The third kappa shape index (κ3) is 4.87. The molecule has 3 rings (SSSR count). The molecular formula is C19H19ClN2O4S. The number of rotatable bonds is 7. The lowest BCUT2D eigenvalue weighted by Crippen LogP contribution is -2.16.